The molecule has 70 valence electrons. The standard InChI is InChI=1S/C5H10NO5P/c1-4(2-3-6)5(7)11-12(8,9)10/h1-3,6H2,(H2,8,9,10). The number of rotatable bonds is 4. The molecule has 0 radical (unpaired) electrons. The van der Waals surface area contributed by atoms with Crippen LogP contribution < -0.4 is 5.73 Å². The highest BCUT2D eigenvalue weighted by Gasteiger charge is 2.21. The fourth-order valence-corrected chi connectivity index (χ4v) is 0.794. The fourth-order valence-electron chi connectivity index (χ4n) is 0.449. The predicted molar refractivity (Wildman–Crippen MR) is 40.9 cm³/mol. The predicted octanol–water partition coefficient (Wildman–Crippen LogP) is -0.473. The van der Waals surface area contributed by atoms with Crippen LogP contribution in [0.15, 0.2) is 12.2 Å². The zero-order chi connectivity index (χ0) is 9.78. The van der Waals surface area contributed by atoms with Crippen LogP contribution in [0.4, 0.5) is 0 Å². The second kappa shape index (κ2) is 4.37. The molecule has 0 saturated carbocycles. The summed E-state index contributed by atoms with van der Waals surface area (Å²) in [7, 11) is -4.75. The van der Waals surface area contributed by atoms with E-state index in [1.165, 1.54) is 0 Å². The zero-order valence-electron chi connectivity index (χ0n) is 6.27. The summed E-state index contributed by atoms with van der Waals surface area (Å²) in [5, 5.41) is 0. The quantitative estimate of drug-likeness (QED) is 0.413. The van der Waals surface area contributed by atoms with Gasteiger partial charge in [-0.05, 0) is 13.0 Å². The lowest BCUT2D eigenvalue weighted by Gasteiger charge is -2.05. The first-order valence-corrected chi connectivity index (χ1v) is 4.57. The van der Waals surface area contributed by atoms with Gasteiger partial charge in [0.2, 0.25) is 0 Å². The summed E-state index contributed by atoms with van der Waals surface area (Å²) in [5.74, 6) is -1.12. The van der Waals surface area contributed by atoms with Crippen LogP contribution in [-0.2, 0) is 13.9 Å². The van der Waals surface area contributed by atoms with Crippen LogP contribution in [-0.4, -0.2) is 22.3 Å². The van der Waals surface area contributed by atoms with E-state index in [2.05, 4.69) is 11.1 Å². The molecule has 6 nitrogen and oxygen atoms in total. The molecule has 7 heteroatoms. The molecule has 0 aliphatic carbocycles. The SMILES string of the molecule is C=C(CCN)C(=O)OP(=O)(O)O. The van der Waals surface area contributed by atoms with Crippen molar-refractivity contribution < 1.29 is 23.7 Å². The Balaban J connectivity index is 4.06. The lowest BCUT2D eigenvalue weighted by Crippen LogP contribution is -2.09. The second-order valence-corrected chi connectivity index (χ2v) is 3.18. The lowest BCUT2D eigenvalue weighted by atomic mass is 10.2. The zero-order valence-corrected chi connectivity index (χ0v) is 7.16. The van der Waals surface area contributed by atoms with E-state index in [4.69, 9.17) is 15.5 Å². The Labute approximate surface area is 69.3 Å². The van der Waals surface area contributed by atoms with Gasteiger partial charge in [0.05, 0.1) is 0 Å². The Kier molecular flexibility index (Phi) is 4.12. The van der Waals surface area contributed by atoms with Crippen LogP contribution in [0.25, 0.3) is 0 Å². The number of nitrogens with two attached hydrogens (primary N) is 1. The number of hydrogen-bond acceptors (Lipinski definition) is 4. The molecule has 0 aromatic heterocycles. The number of phosphoric acid groups is 1. The van der Waals surface area contributed by atoms with E-state index in [0.29, 0.717) is 0 Å². The molecule has 0 aliphatic heterocycles. The minimum Gasteiger partial charge on any atom is -0.367 e. The highest BCUT2D eigenvalue weighted by Crippen LogP contribution is 2.36. The third kappa shape index (κ3) is 5.03. The molecular formula is C5H10NO5P. The van der Waals surface area contributed by atoms with Crippen LogP contribution in [0, 0.1) is 0 Å². The average Bonchev–Trinajstić information content (AvgIpc) is 1.84. The van der Waals surface area contributed by atoms with E-state index in [9.17, 15) is 9.36 Å². The molecule has 4 N–H and O–H groups in total. The number of hydrogen-bond donors (Lipinski definition) is 3. The summed E-state index contributed by atoms with van der Waals surface area (Å²) < 4.78 is 13.9. The molecular weight excluding hydrogens is 185 g/mol. The van der Waals surface area contributed by atoms with E-state index in [0.717, 1.165) is 0 Å². The van der Waals surface area contributed by atoms with Crippen LogP contribution in [0.2, 0.25) is 0 Å². The van der Waals surface area contributed by atoms with E-state index >= 15 is 0 Å². The molecule has 0 rings (SSSR count). The van der Waals surface area contributed by atoms with Gasteiger partial charge < -0.3 is 10.3 Å². The van der Waals surface area contributed by atoms with E-state index in [1.807, 2.05) is 0 Å². The van der Waals surface area contributed by atoms with Crippen molar-refractivity contribution in [1.82, 2.24) is 0 Å². The normalized spacial score (nSPS) is 10.9. The molecule has 0 bridgehead atoms. The van der Waals surface area contributed by atoms with Crippen molar-refractivity contribution in [3.05, 3.63) is 12.2 Å². The summed E-state index contributed by atoms with van der Waals surface area (Å²) in [5.41, 5.74) is 5.01. The van der Waals surface area contributed by atoms with E-state index in [-0.39, 0.29) is 18.5 Å². The van der Waals surface area contributed by atoms with Crippen molar-refractivity contribution >= 4 is 13.8 Å². The van der Waals surface area contributed by atoms with Crippen molar-refractivity contribution in [1.29, 1.82) is 0 Å². The Morgan fingerprint density at radius 2 is 2.08 bits per heavy atom. The van der Waals surface area contributed by atoms with Gasteiger partial charge in [-0.25, -0.2) is 9.36 Å². The number of carbonyl (C=O) groups excluding carboxylic acids is 1. The molecule has 0 spiro atoms. The second-order valence-electron chi connectivity index (χ2n) is 2.01. The molecule has 0 aromatic carbocycles. The van der Waals surface area contributed by atoms with Crippen molar-refractivity contribution in [2.24, 2.45) is 5.73 Å². The molecule has 0 atom stereocenters. The van der Waals surface area contributed by atoms with Crippen LogP contribution >= 0.6 is 7.82 Å². The van der Waals surface area contributed by atoms with Gasteiger partial charge in [0.25, 0.3) is 0 Å². The van der Waals surface area contributed by atoms with Gasteiger partial charge in [-0.1, -0.05) is 6.58 Å². The van der Waals surface area contributed by atoms with Crippen molar-refractivity contribution in [2.75, 3.05) is 6.54 Å². The smallest absolute Gasteiger partial charge is 0.367 e. The Bertz CT molecular complexity index is 232. The van der Waals surface area contributed by atoms with E-state index < -0.39 is 13.8 Å². The molecule has 0 saturated heterocycles. The lowest BCUT2D eigenvalue weighted by molar-refractivity contribution is -0.131. The number of carbonyl (C=O) groups is 1. The topological polar surface area (TPSA) is 110 Å². The van der Waals surface area contributed by atoms with Crippen LogP contribution in [0.3, 0.4) is 0 Å². The van der Waals surface area contributed by atoms with Crippen molar-refractivity contribution in [2.45, 2.75) is 6.42 Å². The first-order valence-electron chi connectivity index (χ1n) is 3.04. The summed E-state index contributed by atoms with van der Waals surface area (Å²) >= 11 is 0. The van der Waals surface area contributed by atoms with Crippen LogP contribution in [0.1, 0.15) is 6.42 Å². The molecule has 0 unspecified atom stereocenters. The minimum atomic E-state index is -4.75. The van der Waals surface area contributed by atoms with Gasteiger partial charge in [-0.15, -0.1) is 0 Å². The summed E-state index contributed by atoms with van der Waals surface area (Å²) in [6.45, 7) is 3.41. The van der Waals surface area contributed by atoms with Gasteiger partial charge in [-0.3, -0.25) is 9.79 Å². The Hall–Kier alpha value is -0.680. The Morgan fingerprint density at radius 3 is 2.42 bits per heavy atom. The number of phosphoric ester groups is 1. The van der Waals surface area contributed by atoms with Crippen molar-refractivity contribution in [3.8, 4) is 0 Å². The van der Waals surface area contributed by atoms with Gasteiger partial charge in [0.15, 0.2) is 0 Å². The molecule has 0 aromatic rings. The minimum absolute atomic E-state index is 0.0548. The summed E-state index contributed by atoms with van der Waals surface area (Å²) in [4.78, 5) is 27.1. The van der Waals surface area contributed by atoms with Crippen molar-refractivity contribution in [3.63, 3.8) is 0 Å². The molecule has 0 aliphatic rings. The first kappa shape index (κ1) is 11.3. The maximum Gasteiger partial charge on any atom is 0.527 e. The third-order valence-corrected chi connectivity index (χ3v) is 1.34. The molecule has 0 amide bonds. The first-order chi connectivity index (χ1) is 5.37. The van der Waals surface area contributed by atoms with Gasteiger partial charge in [0.1, 0.15) is 0 Å². The van der Waals surface area contributed by atoms with Gasteiger partial charge in [0, 0.05) is 5.57 Å². The molecule has 0 heterocycles. The summed E-state index contributed by atoms with van der Waals surface area (Å²) in [6.07, 6.45) is 0.152. The van der Waals surface area contributed by atoms with Gasteiger partial charge in [-0.2, -0.15) is 0 Å². The highest BCUT2D eigenvalue weighted by atomic mass is 31.2. The fraction of sp³-hybridized carbons (Fsp3) is 0.400. The van der Waals surface area contributed by atoms with E-state index in [1.54, 1.807) is 0 Å². The highest BCUT2D eigenvalue weighted by molar-refractivity contribution is 7.46. The Morgan fingerprint density at radius 1 is 1.58 bits per heavy atom. The largest absolute Gasteiger partial charge is 0.527 e. The maximum atomic E-state index is 10.7. The molecule has 0 fully saturated rings. The third-order valence-electron chi connectivity index (χ3n) is 0.937. The average molecular weight is 195 g/mol. The maximum absolute atomic E-state index is 10.7. The monoisotopic (exact) mass is 195 g/mol. The van der Waals surface area contributed by atoms with Crippen LogP contribution in [0.5, 0.6) is 0 Å². The summed E-state index contributed by atoms with van der Waals surface area (Å²) in [6, 6.07) is 0. The molecule has 12 heavy (non-hydrogen) atoms. The van der Waals surface area contributed by atoms with Gasteiger partial charge >= 0.3 is 13.8 Å².